The first-order chi connectivity index (χ1) is 35.6. The zero-order chi connectivity index (χ0) is 55.8. The summed E-state index contributed by atoms with van der Waals surface area (Å²) >= 11 is 0. The van der Waals surface area contributed by atoms with Crippen LogP contribution in [-0.4, -0.2) is 214 Å². The zero-order valence-electron chi connectivity index (χ0n) is 46.1. The number of esters is 1. The summed E-state index contributed by atoms with van der Waals surface area (Å²) in [4.78, 5) is 26.6. The first-order valence-corrected chi connectivity index (χ1v) is 27.1. The fourth-order valence-corrected chi connectivity index (χ4v) is 14.9. The molecule has 22 nitrogen and oxygen atoms in total. The SMILES string of the molecule is CC=C(C)C(=O)OC1CC2(C)C(C(C)=O)CCC2(O)C2(O)CC=C3CC(OC4(C)CC(OC)C(OC5CC(OC)C(OC6OC(C)C(OC7(O)OC(CO)C(O)C(O)C7O)C(OC)C6O)C(C)O5)C(C)O4)CCC3(C)C12. The number of hydrogen-bond donors (Lipinski definition) is 8. The van der Waals surface area contributed by atoms with E-state index >= 15 is 0 Å². The quantitative estimate of drug-likeness (QED) is 0.0497. The number of ketones is 1. The van der Waals surface area contributed by atoms with Gasteiger partial charge in [0, 0.05) is 57.0 Å². The number of rotatable bonds is 15. The largest absolute Gasteiger partial charge is 0.459 e. The summed E-state index contributed by atoms with van der Waals surface area (Å²) in [6, 6.07) is 0. The molecule has 8 rings (SSSR count). The molecule has 8 N–H and O–H groups in total. The lowest BCUT2D eigenvalue weighted by Gasteiger charge is -2.66. The minimum absolute atomic E-state index is 0.0530. The molecule has 434 valence electrons. The van der Waals surface area contributed by atoms with Crippen LogP contribution in [0.4, 0.5) is 0 Å². The molecule has 76 heavy (non-hydrogen) atoms. The molecule has 4 heterocycles. The van der Waals surface area contributed by atoms with Gasteiger partial charge in [-0.3, -0.25) is 4.79 Å². The van der Waals surface area contributed by atoms with Crippen LogP contribution in [0.3, 0.4) is 0 Å². The minimum atomic E-state index is -2.93. The minimum Gasteiger partial charge on any atom is -0.459 e. The van der Waals surface area contributed by atoms with Crippen molar-refractivity contribution in [2.45, 2.75) is 253 Å². The van der Waals surface area contributed by atoms with Crippen molar-refractivity contribution in [3.8, 4) is 0 Å². The number of carbonyl (C=O) groups is 2. The average molecular weight is 1090 g/mol. The van der Waals surface area contributed by atoms with Crippen molar-refractivity contribution in [1.82, 2.24) is 0 Å². The fraction of sp³-hybridized carbons (Fsp3) is 0.889. The van der Waals surface area contributed by atoms with Gasteiger partial charge in [0.05, 0.1) is 43.2 Å². The van der Waals surface area contributed by atoms with E-state index in [1.165, 1.54) is 21.1 Å². The van der Waals surface area contributed by atoms with Gasteiger partial charge in [-0.2, -0.15) is 0 Å². The van der Waals surface area contributed by atoms with E-state index < -0.39 is 162 Å². The summed E-state index contributed by atoms with van der Waals surface area (Å²) in [6.45, 7) is 15.2. The van der Waals surface area contributed by atoms with Gasteiger partial charge in [0.2, 0.25) is 0 Å². The normalized spacial score (nSPS) is 51.7. The van der Waals surface area contributed by atoms with Gasteiger partial charge in [-0.25, -0.2) is 4.79 Å². The topological polar surface area (TPSA) is 307 Å². The lowest BCUT2D eigenvalue weighted by atomic mass is 9.42. The maximum atomic E-state index is 13.5. The molecule has 26 atom stereocenters. The second-order valence-electron chi connectivity index (χ2n) is 23.6. The average Bonchev–Trinajstić information content (AvgIpc) is 3.65. The first kappa shape index (κ1) is 60.0. The molecule has 4 saturated heterocycles. The summed E-state index contributed by atoms with van der Waals surface area (Å²) in [5, 5.41) is 89.4. The van der Waals surface area contributed by atoms with Crippen LogP contribution in [0.25, 0.3) is 0 Å². The van der Waals surface area contributed by atoms with Crippen LogP contribution in [0.2, 0.25) is 0 Å². The van der Waals surface area contributed by atoms with Gasteiger partial charge in [0.15, 0.2) is 24.5 Å². The predicted octanol–water partition coefficient (Wildman–Crippen LogP) is 1.34. The Morgan fingerprint density at radius 1 is 0.763 bits per heavy atom. The van der Waals surface area contributed by atoms with Gasteiger partial charge in [0.25, 0.3) is 0 Å². The lowest BCUT2D eigenvalue weighted by Crippen LogP contribution is -2.75. The Morgan fingerprint density at radius 3 is 2.07 bits per heavy atom. The number of aliphatic hydroxyl groups excluding tert-OH is 5. The molecule has 26 unspecified atom stereocenters. The molecule has 22 heteroatoms. The van der Waals surface area contributed by atoms with Crippen molar-refractivity contribution >= 4 is 11.8 Å². The molecule has 0 aromatic carbocycles. The highest BCUT2D eigenvalue weighted by molar-refractivity contribution is 5.87. The molecule has 7 fully saturated rings. The van der Waals surface area contributed by atoms with Gasteiger partial charge in [-0.05, 0) is 98.8 Å². The molecule has 8 aliphatic rings. The van der Waals surface area contributed by atoms with E-state index in [2.05, 4.69) is 6.92 Å². The van der Waals surface area contributed by atoms with Gasteiger partial charge in [-0.1, -0.05) is 31.6 Å². The molecule has 0 spiro atoms. The Balaban J connectivity index is 0.902. The van der Waals surface area contributed by atoms with Crippen LogP contribution in [-0.2, 0) is 66.4 Å². The van der Waals surface area contributed by atoms with E-state index in [-0.39, 0.29) is 37.6 Å². The lowest BCUT2D eigenvalue weighted by molar-refractivity contribution is -0.474. The summed E-state index contributed by atoms with van der Waals surface area (Å²) in [7, 11) is 4.40. The molecule has 0 amide bonds. The first-order valence-electron chi connectivity index (χ1n) is 27.1. The third-order valence-corrected chi connectivity index (χ3v) is 19.1. The monoisotopic (exact) mass is 1090 g/mol. The maximum absolute atomic E-state index is 13.5. The van der Waals surface area contributed by atoms with E-state index in [9.17, 15) is 50.4 Å². The summed E-state index contributed by atoms with van der Waals surface area (Å²) in [5.41, 5.74) is -3.48. The highest BCUT2D eigenvalue weighted by Gasteiger charge is 2.76. The fourth-order valence-electron chi connectivity index (χ4n) is 14.9. The Bertz CT molecular complexity index is 2140. The second-order valence-corrected chi connectivity index (χ2v) is 23.6. The van der Waals surface area contributed by atoms with Gasteiger partial charge in [-0.15, -0.1) is 0 Å². The Labute approximate surface area is 445 Å². The molecule has 0 aromatic rings. The van der Waals surface area contributed by atoms with Crippen LogP contribution in [0.15, 0.2) is 23.3 Å². The number of hydrogen-bond acceptors (Lipinski definition) is 22. The van der Waals surface area contributed by atoms with Crippen molar-refractivity contribution in [3.05, 3.63) is 23.3 Å². The molecule has 0 bridgehead atoms. The number of methoxy groups -OCH3 is 3. The Kier molecular flexibility index (Phi) is 17.6. The smallest absolute Gasteiger partial charge is 0.333 e. The molecular formula is C54H86O22. The van der Waals surface area contributed by atoms with Crippen molar-refractivity contribution in [2.75, 3.05) is 27.9 Å². The van der Waals surface area contributed by atoms with E-state index in [4.69, 9.17) is 56.8 Å². The molecular weight excluding hydrogens is 1000 g/mol. The Hall–Kier alpha value is -2.14. The summed E-state index contributed by atoms with van der Waals surface area (Å²) < 4.78 is 74.1. The molecule has 0 radical (unpaired) electrons. The number of aliphatic hydroxyl groups is 8. The number of carbonyl (C=O) groups excluding carboxylic acids is 2. The number of ether oxygens (including phenoxy) is 12. The third-order valence-electron chi connectivity index (χ3n) is 19.1. The van der Waals surface area contributed by atoms with Crippen LogP contribution in [0.1, 0.15) is 120 Å². The van der Waals surface area contributed by atoms with Crippen molar-refractivity contribution < 1.29 is 107 Å². The Morgan fingerprint density at radius 2 is 1.43 bits per heavy atom. The van der Waals surface area contributed by atoms with Crippen molar-refractivity contribution in [1.29, 1.82) is 0 Å². The molecule has 4 aliphatic heterocycles. The second kappa shape index (κ2) is 22.3. The van der Waals surface area contributed by atoms with E-state index in [1.807, 2.05) is 26.8 Å². The van der Waals surface area contributed by atoms with Crippen LogP contribution < -0.4 is 0 Å². The van der Waals surface area contributed by atoms with Gasteiger partial charge in [0.1, 0.15) is 71.9 Å². The van der Waals surface area contributed by atoms with Gasteiger partial charge >= 0.3 is 11.9 Å². The standard InChI is InChI=1S/C54H86O22/c1-13-25(2)47(61)70-35-22-50(8)32(26(3)56)16-19-53(50,63)52(62)18-14-30-20-31(15-17-49(30,7)45(35)52)74-51(9)23-34(66-11)42(29(6)73-51)71-37-21-33(65-10)41(27(4)68-37)72-48-40(59)44(67-12)43(28(5)69-48)76-54(64)46(60)39(58)38(57)36(24-55)75-54/h13-14,27-29,31-46,48,55,57-60,62-64H,15-24H2,1-12H3. The third kappa shape index (κ3) is 10.2. The molecule has 3 saturated carbocycles. The zero-order valence-corrected chi connectivity index (χ0v) is 46.1. The summed E-state index contributed by atoms with van der Waals surface area (Å²) in [5.74, 6) is -5.73. The van der Waals surface area contributed by atoms with E-state index in [1.54, 1.807) is 40.9 Å². The van der Waals surface area contributed by atoms with Crippen LogP contribution in [0, 0.1) is 22.7 Å². The molecule has 4 aliphatic carbocycles. The van der Waals surface area contributed by atoms with Gasteiger partial charge < -0.3 is 97.7 Å². The van der Waals surface area contributed by atoms with E-state index in [0.717, 1.165) is 5.57 Å². The highest BCUT2D eigenvalue weighted by Crippen LogP contribution is 2.70. The number of fused-ring (bicyclic) bond motifs is 5. The molecule has 0 aromatic heterocycles. The number of Topliss-reactive ketones (excluding diaryl/α,β-unsaturated/α-hetero) is 1. The van der Waals surface area contributed by atoms with Crippen LogP contribution >= 0.6 is 0 Å². The van der Waals surface area contributed by atoms with Crippen LogP contribution in [0.5, 0.6) is 0 Å². The van der Waals surface area contributed by atoms with Crippen molar-refractivity contribution in [2.24, 2.45) is 22.7 Å². The number of allylic oxidation sites excluding steroid dienone is 1. The van der Waals surface area contributed by atoms with Crippen molar-refractivity contribution in [3.63, 3.8) is 0 Å². The maximum Gasteiger partial charge on any atom is 0.333 e. The predicted molar refractivity (Wildman–Crippen MR) is 263 cm³/mol. The van der Waals surface area contributed by atoms with E-state index in [0.29, 0.717) is 37.7 Å². The summed E-state index contributed by atoms with van der Waals surface area (Å²) in [6.07, 6.45) is -12.6. The highest BCUT2D eigenvalue weighted by atomic mass is 16.9.